The lowest BCUT2D eigenvalue weighted by Crippen LogP contribution is -2.37. The highest BCUT2D eigenvalue weighted by atomic mass is 32.1. The van der Waals surface area contributed by atoms with Crippen LogP contribution in [0, 0.1) is 5.92 Å². The van der Waals surface area contributed by atoms with Crippen molar-refractivity contribution >= 4 is 22.9 Å². The van der Waals surface area contributed by atoms with Gasteiger partial charge in [-0.3, -0.25) is 4.79 Å². The molecule has 0 radical (unpaired) electrons. The second-order valence-electron chi connectivity index (χ2n) is 8.02. The number of unbranched alkanes of at least 4 members (excludes halogenated alkanes) is 1. The van der Waals surface area contributed by atoms with Crippen LogP contribution in [0.2, 0.25) is 0 Å². The summed E-state index contributed by atoms with van der Waals surface area (Å²) in [6, 6.07) is 19.8. The van der Waals surface area contributed by atoms with Gasteiger partial charge in [-0.05, 0) is 49.4 Å². The zero-order valence-corrected chi connectivity index (χ0v) is 19.1. The van der Waals surface area contributed by atoms with Crippen LogP contribution in [0.15, 0.2) is 71.0 Å². The Balaban J connectivity index is 2.07. The van der Waals surface area contributed by atoms with E-state index in [2.05, 4.69) is 41.2 Å². The molecule has 6 heteroatoms. The molecule has 1 heterocycles. The van der Waals surface area contributed by atoms with Gasteiger partial charge >= 0.3 is 0 Å². The van der Waals surface area contributed by atoms with Gasteiger partial charge in [-0.15, -0.1) is 11.3 Å². The van der Waals surface area contributed by atoms with Crippen LogP contribution in [0.4, 0.5) is 5.69 Å². The molecule has 0 saturated carbocycles. The SMILES string of the molecule is CC(C)C[C@H](C(=O)NCCCCN)n1c(-c2ccccc2)csc1=Nc1ccccc1. The molecule has 3 rings (SSSR count). The number of nitrogens with two attached hydrogens (primary N) is 1. The van der Waals surface area contributed by atoms with Gasteiger partial charge in [-0.1, -0.05) is 62.4 Å². The van der Waals surface area contributed by atoms with Crippen molar-refractivity contribution in [3.8, 4) is 11.3 Å². The summed E-state index contributed by atoms with van der Waals surface area (Å²) < 4.78 is 2.12. The van der Waals surface area contributed by atoms with Crippen LogP contribution in [-0.4, -0.2) is 23.6 Å². The van der Waals surface area contributed by atoms with E-state index in [1.165, 1.54) is 0 Å². The van der Waals surface area contributed by atoms with Crippen LogP contribution in [-0.2, 0) is 4.79 Å². The van der Waals surface area contributed by atoms with Gasteiger partial charge in [0.25, 0.3) is 0 Å². The number of carbonyl (C=O) groups is 1. The van der Waals surface area contributed by atoms with Gasteiger partial charge in [0.1, 0.15) is 6.04 Å². The number of aromatic nitrogens is 1. The summed E-state index contributed by atoms with van der Waals surface area (Å²) in [7, 11) is 0. The molecule has 1 atom stereocenters. The lowest BCUT2D eigenvalue weighted by Gasteiger charge is -2.23. The maximum atomic E-state index is 13.3. The summed E-state index contributed by atoms with van der Waals surface area (Å²) in [6.07, 6.45) is 2.53. The quantitative estimate of drug-likeness (QED) is 0.444. The van der Waals surface area contributed by atoms with Gasteiger partial charge < -0.3 is 15.6 Å². The Morgan fingerprint density at radius 2 is 1.74 bits per heavy atom. The summed E-state index contributed by atoms with van der Waals surface area (Å²) in [5.74, 6) is 0.399. The number of carbonyl (C=O) groups excluding carboxylic acids is 1. The highest BCUT2D eigenvalue weighted by Crippen LogP contribution is 2.27. The van der Waals surface area contributed by atoms with Gasteiger partial charge in [0, 0.05) is 11.9 Å². The van der Waals surface area contributed by atoms with Crippen LogP contribution >= 0.6 is 11.3 Å². The van der Waals surface area contributed by atoms with E-state index in [1.807, 2.05) is 48.5 Å². The number of benzene rings is 2. The summed E-state index contributed by atoms with van der Waals surface area (Å²) in [5, 5.41) is 5.23. The first kappa shape index (κ1) is 23.0. The van der Waals surface area contributed by atoms with Crippen molar-refractivity contribution < 1.29 is 4.79 Å². The van der Waals surface area contributed by atoms with Crippen molar-refractivity contribution in [3.63, 3.8) is 0 Å². The normalized spacial score (nSPS) is 12.8. The van der Waals surface area contributed by atoms with Crippen LogP contribution in [0.1, 0.15) is 39.2 Å². The predicted octanol–water partition coefficient (Wildman–Crippen LogP) is 4.89. The van der Waals surface area contributed by atoms with E-state index < -0.39 is 0 Å². The van der Waals surface area contributed by atoms with E-state index in [0.29, 0.717) is 19.0 Å². The Bertz CT molecular complexity index is 1010. The molecule has 0 bridgehead atoms. The maximum Gasteiger partial charge on any atom is 0.243 e. The number of nitrogens with one attached hydrogen (secondary N) is 1. The average molecular weight is 437 g/mol. The number of hydrogen-bond acceptors (Lipinski definition) is 4. The van der Waals surface area contributed by atoms with Crippen molar-refractivity contribution in [1.29, 1.82) is 0 Å². The van der Waals surface area contributed by atoms with Crippen LogP contribution in [0.25, 0.3) is 11.3 Å². The van der Waals surface area contributed by atoms with Crippen molar-refractivity contribution in [2.45, 2.75) is 39.2 Å². The van der Waals surface area contributed by atoms with Crippen molar-refractivity contribution in [2.24, 2.45) is 16.6 Å². The molecule has 2 aromatic carbocycles. The predicted molar refractivity (Wildman–Crippen MR) is 129 cm³/mol. The monoisotopic (exact) mass is 436 g/mol. The van der Waals surface area contributed by atoms with Crippen LogP contribution in [0.3, 0.4) is 0 Å². The molecule has 3 aromatic rings. The van der Waals surface area contributed by atoms with Crippen molar-refractivity contribution in [3.05, 3.63) is 70.8 Å². The van der Waals surface area contributed by atoms with Crippen LogP contribution < -0.4 is 15.9 Å². The number of rotatable bonds is 10. The molecule has 0 saturated heterocycles. The highest BCUT2D eigenvalue weighted by molar-refractivity contribution is 7.07. The fourth-order valence-corrected chi connectivity index (χ4v) is 4.47. The smallest absolute Gasteiger partial charge is 0.243 e. The number of amides is 1. The largest absolute Gasteiger partial charge is 0.354 e. The molecule has 1 amide bonds. The molecular formula is C25H32N4OS. The first-order valence-corrected chi connectivity index (χ1v) is 11.8. The number of thiazole rings is 1. The zero-order chi connectivity index (χ0) is 22.1. The minimum atomic E-state index is -0.332. The zero-order valence-electron chi connectivity index (χ0n) is 18.3. The highest BCUT2D eigenvalue weighted by Gasteiger charge is 2.25. The fraction of sp³-hybridized carbons (Fsp3) is 0.360. The molecule has 0 aliphatic carbocycles. The standard InChI is InChI=1S/C25H32N4OS/c1-19(2)17-22(24(30)27-16-10-9-15-26)29-23(20-11-5-3-6-12-20)18-31-25(29)28-21-13-7-4-8-14-21/h3-8,11-14,18-19,22H,9-10,15-17,26H2,1-2H3,(H,27,30)/t22-/m1/s1. The van der Waals surface area contributed by atoms with Crippen molar-refractivity contribution in [1.82, 2.24) is 9.88 Å². The summed E-state index contributed by atoms with van der Waals surface area (Å²) in [6.45, 7) is 5.58. The minimum absolute atomic E-state index is 0.0378. The van der Waals surface area contributed by atoms with E-state index in [0.717, 1.165) is 41.0 Å². The Morgan fingerprint density at radius 3 is 2.39 bits per heavy atom. The molecule has 0 spiro atoms. The van der Waals surface area contributed by atoms with E-state index in [-0.39, 0.29) is 11.9 Å². The Labute approximate surface area is 188 Å². The molecule has 164 valence electrons. The van der Waals surface area contributed by atoms with Gasteiger partial charge in [-0.2, -0.15) is 0 Å². The molecule has 5 nitrogen and oxygen atoms in total. The maximum absolute atomic E-state index is 13.3. The Morgan fingerprint density at radius 1 is 1.06 bits per heavy atom. The number of nitrogens with zero attached hydrogens (tertiary/aromatic N) is 2. The summed E-state index contributed by atoms with van der Waals surface area (Å²) >= 11 is 1.57. The first-order valence-electron chi connectivity index (χ1n) is 10.9. The second-order valence-corrected chi connectivity index (χ2v) is 8.86. The molecule has 0 aliphatic rings. The molecule has 31 heavy (non-hydrogen) atoms. The minimum Gasteiger partial charge on any atom is -0.354 e. The molecule has 3 N–H and O–H groups in total. The van der Waals surface area contributed by atoms with Gasteiger partial charge in [-0.25, -0.2) is 4.99 Å². The Kier molecular flexibility index (Phi) is 8.62. The third-order valence-corrected chi connectivity index (χ3v) is 5.87. The number of hydrogen-bond donors (Lipinski definition) is 2. The first-order chi connectivity index (χ1) is 15.1. The fourth-order valence-electron chi connectivity index (χ4n) is 3.51. The van der Waals surface area contributed by atoms with E-state index >= 15 is 0 Å². The van der Waals surface area contributed by atoms with E-state index in [9.17, 15) is 4.79 Å². The van der Waals surface area contributed by atoms with E-state index in [1.54, 1.807) is 11.3 Å². The summed E-state index contributed by atoms with van der Waals surface area (Å²) in [4.78, 5) is 19.0. The van der Waals surface area contributed by atoms with Gasteiger partial charge in [0.2, 0.25) is 5.91 Å². The topological polar surface area (TPSA) is 72.4 Å². The third-order valence-electron chi connectivity index (χ3n) is 5.03. The van der Waals surface area contributed by atoms with Gasteiger partial charge in [0.15, 0.2) is 4.80 Å². The molecule has 1 aromatic heterocycles. The lowest BCUT2D eigenvalue weighted by atomic mass is 10.0. The average Bonchev–Trinajstić information content (AvgIpc) is 3.19. The molecular weight excluding hydrogens is 404 g/mol. The second kappa shape index (κ2) is 11.6. The van der Waals surface area contributed by atoms with Crippen molar-refractivity contribution in [2.75, 3.05) is 13.1 Å². The molecule has 0 aliphatic heterocycles. The van der Waals surface area contributed by atoms with Crippen LogP contribution in [0.5, 0.6) is 0 Å². The Hall–Kier alpha value is -2.70. The van der Waals surface area contributed by atoms with Gasteiger partial charge in [0.05, 0.1) is 11.4 Å². The molecule has 0 fully saturated rings. The summed E-state index contributed by atoms with van der Waals surface area (Å²) in [5.41, 5.74) is 8.58. The lowest BCUT2D eigenvalue weighted by molar-refractivity contribution is -0.124. The number of para-hydroxylation sites is 1. The third kappa shape index (κ3) is 6.39. The van der Waals surface area contributed by atoms with E-state index in [4.69, 9.17) is 10.7 Å². The molecule has 0 unspecified atom stereocenters.